The van der Waals surface area contributed by atoms with E-state index in [1.54, 1.807) is 0 Å². The summed E-state index contributed by atoms with van der Waals surface area (Å²) in [5.74, 6) is 0. The van der Waals surface area contributed by atoms with E-state index in [1.165, 1.54) is 96.4 Å². The van der Waals surface area contributed by atoms with Crippen LogP contribution in [0.5, 0.6) is 0 Å². The van der Waals surface area contributed by atoms with Gasteiger partial charge in [0, 0.05) is 4.91 Å². The molecule has 0 N–H and O–H groups in total. The van der Waals surface area contributed by atoms with Gasteiger partial charge >= 0.3 is 5.51 Å². The summed E-state index contributed by atoms with van der Waals surface area (Å²) < 4.78 is 59.9. The maximum atomic E-state index is 10.7. The van der Waals surface area contributed by atoms with E-state index in [2.05, 4.69) is 31.0 Å². The van der Waals surface area contributed by atoms with E-state index in [0.717, 1.165) is 11.0 Å². The number of alkyl halides is 3. The normalized spacial score (nSPS) is 12.1. The first-order valence-electron chi connectivity index (χ1n) is 11.7. The molecule has 0 heterocycles. The van der Waals surface area contributed by atoms with Crippen molar-refractivity contribution in [3.63, 3.8) is 0 Å². The van der Waals surface area contributed by atoms with Crippen LogP contribution < -0.4 is 0 Å². The number of unbranched alkanes of at least 4 members (excludes halogenated alkanes) is 13. The van der Waals surface area contributed by atoms with Crippen molar-refractivity contribution in [2.45, 2.75) is 102 Å². The molecule has 0 fully saturated rings. The van der Waals surface area contributed by atoms with Gasteiger partial charge in [-0.25, -0.2) is 8.42 Å². The van der Waals surface area contributed by atoms with Crippen LogP contribution >= 0.6 is 0 Å². The van der Waals surface area contributed by atoms with Crippen LogP contribution in [0.15, 0.2) is 5.11 Å². The molecule has 0 bridgehead atoms. The molecular weight excluding hydrogens is 445 g/mol. The molecule has 0 aliphatic rings. The smallest absolute Gasteiger partial charge is 0.485 e. The van der Waals surface area contributed by atoms with Gasteiger partial charge < -0.3 is 9.04 Å². The molecule has 0 unspecified atom stereocenters. The Bertz CT molecular complexity index is 594. The van der Waals surface area contributed by atoms with Crippen LogP contribution in [-0.2, 0) is 10.1 Å². The Morgan fingerprint density at radius 3 is 1.47 bits per heavy atom. The minimum atomic E-state index is -6.09. The van der Waals surface area contributed by atoms with Crippen LogP contribution in [0.4, 0.5) is 13.2 Å². The number of likely N-dealkylation sites (N-methyl/N-ethyl adjacent to an activating group) is 1. The molecule has 0 aliphatic heterocycles. The van der Waals surface area contributed by atoms with Crippen molar-refractivity contribution in [2.75, 3.05) is 33.7 Å². The highest BCUT2D eigenvalue weighted by Gasteiger charge is 2.36. The van der Waals surface area contributed by atoms with E-state index in [4.69, 9.17) is 18.5 Å². The number of azide groups is 1. The van der Waals surface area contributed by atoms with E-state index >= 15 is 0 Å². The minimum Gasteiger partial charge on any atom is -0.741 e. The maximum absolute atomic E-state index is 10.7. The molecule has 0 saturated carbocycles. The number of nitrogens with zero attached hydrogens (tertiary/aromatic N) is 4. The number of hydrogen-bond donors (Lipinski definition) is 0. The van der Waals surface area contributed by atoms with Crippen molar-refractivity contribution in [2.24, 2.45) is 5.11 Å². The number of hydrogen-bond acceptors (Lipinski definition) is 4. The Morgan fingerprint density at radius 1 is 0.812 bits per heavy atom. The molecule has 0 amide bonds. The fourth-order valence-electron chi connectivity index (χ4n) is 3.21. The predicted octanol–water partition coefficient (Wildman–Crippen LogP) is 6.91. The van der Waals surface area contributed by atoms with Gasteiger partial charge in [-0.3, -0.25) is 0 Å². The van der Waals surface area contributed by atoms with Gasteiger partial charge in [-0.05, 0) is 18.4 Å². The molecule has 0 rings (SSSR count). The third-order valence-corrected chi connectivity index (χ3v) is 5.84. The Balaban J connectivity index is 0. The maximum Gasteiger partial charge on any atom is 0.485 e. The number of quaternary nitrogens is 1. The van der Waals surface area contributed by atoms with Gasteiger partial charge in [-0.2, -0.15) is 13.2 Å². The van der Waals surface area contributed by atoms with Gasteiger partial charge in [0.2, 0.25) is 0 Å². The summed E-state index contributed by atoms with van der Waals surface area (Å²) in [5, 5.41) is 3.64. The summed E-state index contributed by atoms with van der Waals surface area (Å²) in [6.07, 6.45) is 19.7. The zero-order chi connectivity index (χ0) is 24.9. The average molecular weight is 489 g/mol. The van der Waals surface area contributed by atoms with Crippen LogP contribution in [0.3, 0.4) is 0 Å². The monoisotopic (exact) mass is 488 g/mol. The topological polar surface area (TPSA) is 106 Å². The van der Waals surface area contributed by atoms with Crippen LogP contribution in [0.1, 0.15) is 96.8 Å². The average Bonchev–Trinajstić information content (AvgIpc) is 2.67. The molecule has 0 spiro atoms. The van der Waals surface area contributed by atoms with Crippen LogP contribution in [0, 0.1) is 0 Å². The highest BCUT2D eigenvalue weighted by atomic mass is 32.2. The van der Waals surface area contributed by atoms with Gasteiger partial charge in [-0.1, -0.05) is 89.1 Å². The van der Waals surface area contributed by atoms with Crippen molar-refractivity contribution < 1.29 is 30.6 Å². The quantitative estimate of drug-likeness (QED) is 0.0398. The van der Waals surface area contributed by atoms with Crippen molar-refractivity contribution in [1.82, 2.24) is 0 Å². The van der Waals surface area contributed by atoms with E-state index in [9.17, 15) is 13.2 Å². The lowest BCUT2D eigenvalue weighted by Gasteiger charge is -2.29. The summed E-state index contributed by atoms with van der Waals surface area (Å²) in [7, 11) is -1.63. The second-order valence-corrected chi connectivity index (χ2v) is 10.2. The SMILES string of the molecule is CCCCCCCCCCCCCCCC[N+](C)(C)CCN=[N+]=[N-].O=S(=O)([O-])C(F)(F)F. The predicted molar refractivity (Wildman–Crippen MR) is 122 cm³/mol. The largest absolute Gasteiger partial charge is 0.741 e. The van der Waals surface area contributed by atoms with Crippen LogP contribution in [-0.4, -0.2) is 56.7 Å². The zero-order valence-electron chi connectivity index (χ0n) is 20.1. The summed E-state index contributed by atoms with van der Waals surface area (Å²) in [6, 6.07) is 0. The number of rotatable bonds is 18. The van der Waals surface area contributed by atoms with Crippen molar-refractivity contribution >= 4 is 10.1 Å². The Morgan fingerprint density at radius 2 is 1.16 bits per heavy atom. The molecule has 0 saturated heterocycles. The first-order chi connectivity index (χ1) is 14.9. The van der Waals surface area contributed by atoms with Gasteiger partial charge in [0.1, 0.15) is 0 Å². The lowest BCUT2D eigenvalue weighted by Crippen LogP contribution is -2.42. The Kier molecular flexibility index (Phi) is 20.1. The second kappa shape index (κ2) is 19.4. The fraction of sp³-hybridized carbons (Fsp3) is 1.00. The summed E-state index contributed by atoms with van der Waals surface area (Å²) in [6.45, 7) is 5.04. The molecule has 7 nitrogen and oxygen atoms in total. The molecular formula is C21H43F3N4O3S. The van der Waals surface area contributed by atoms with Crippen LogP contribution in [0.2, 0.25) is 0 Å². The molecule has 0 atom stereocenters. The van der Waals surface area contributed by atoms with E-state index in [-0.39, 0.29) is 0 Å². The van der Waals surface area contributed by atoms with Gasteiger partial charge in [-0.15, -0.1) is 0 Å². The lowest BCUT2D eigenvalue weighted by atomic mass is 10.0. The zero-order valence-corrected chi connectivity index (χ0v) is 20.9. The highest BCUT2D eigenvalue weighted by molar-refractivity contribution is 7.86. The minimum absolute atomic E-state index is 0.613. The molecule has 0 aliphatic carbocycles. The lowest BCUT2D eigenvalue weighted by molar-refractivity contribution is -0.889. The Hall–Kier alpha value is -1.03. The van der Waals surface area contributed by atoms with Crippen molar-refractivity contribution in [3.8, 4) is 0 Å². The van der Waals surface area contributed by atoms with Gasteiger partial charge in [0.25, 0.3) is 0 Å². The Labute approximate surface area is 192 Å². The summed E-state index contributed by atoms with van der Waals surface area (Å²) in [5.41, 5.74) is 2.68. The third kappa shape index (κ3) is 23.6. The molecule has 11 heteroatoms. The molecule has 0 aromatic heterocycles. The molecule has 0 aromatic carbocycles. The third-order valence-electron chi connectivity index (χ3n) is 5.27. The van der Waals surface area contributed by atoms with Crippen LogP contribution in [0.25, 0.3) is 10.4 Å². The second-order valence-electron chi connectivity index (χ2n) is 8.83. The van der Waals surface area contributed by atoms with Crippen molar-refractivity contribution in [1.29, 1.82) is 0 Å². The standard InChI is InChI=1S/C20H43N4.CHF3O3S/c1-4-5-6-7-8-9-10-11-12-13-14-15-16-17-19-24(2,3)20-18-22-23-21;2-1(3,4)8(5,6)7/h4-20H2,1-3H3;(H,5,6,7)/q+1;/p-1. The van der Waals surface area contributed by atoms with Gasteiger partial charge in [0.05, 0.1) is 33.7 Å². The summed E-state index contributed by atoms with van der Waals surface area (Å²) >= 11 is 0. The molecule has 0 aromatic rings. The highest BCUT2D eigenvalue weighted by Crippen LogP contribution is 2.20. The van der Waals surface area contributed by atoms with E-state index in [1.807, 2.05) is 0 Å². The molecule has 192 valence electrons. The van der Waals surface area contributed by atoms with E-state index in [0.29, 0.717) is 6.54 Å². The molecule has 32 heavy (non-hydrogen) atoms. The molecule has 0 radical (unpaired) electrons. The fourth-order valence-corrected chi connectivity index (χ4v) is 3.21. The first kappa shape index (κ1) is 33.1. The van der Waals surface area contributed by atoms with Crippen molar-refractivity contribution in [3.05, 3.63) is 10.4 Å². The van der Waals surface area contributed by atoms with E-state index < -0.39 is 15.6 Å². The number of halogens is 3. The first-order valence-corrected chi connectivity index (χ1v) is 13.1. The van der Waals surface area contributed by atoms with Gasteiger partial charge in [0.15, 0.2) is 10.1 Å². The summed E-state index contributed by atoms with van der Waals surface area (Å²) in [4.78, 5) is 2.83.